The minimum absolute atomic E-state index is 0.0992. The van der Waals surface area contributed by atoms with Crippen LogP contribution in [0.4, 0.5) is 0 Å². The number of ether oxygens (including phenoxy) is 1. The van der Waals surface area contributed by atoms with Crippen LogP contribution in [0.15, 0.2) is 42.7 Å². The lowest BCUT2D eigenvalue weighted by atomic mass is 9.99. The third-order valence-corrected chi connectivity index (χ3v) is 3.76. The highest BCUT2D eigenvalue weighted by Crippen LogP contribution is 2.15. The Morgan fingerprint density at radius 3 is 2.71 bits per heavy atom. The van der Waals surface area contributed by atoms with Crippen molar-refractivity contribution in [3.8, 4) is 5.69 Å². The Kier molecular flexibility index (Phi) is 4.31. The molecule has 0 saturated carbocycles. The predicted molar refractivity (Wildman–Crippen MR) is 79.0 cm³/mol. The van der Waals surface area contributed by atoms with Gasteiger partial charge in [0.2, 0.25) is 5.91 Å². The fraction of sp³-hybridized carbons (Fsp3) is 0.375. The molecule has 0 spiro atoms. The summed E-state index contributed by atoms with van der Waals surface area (Å²) in [5, 5.41) is 7.19. The number of amides is 1. The molecule has 110 valence electrons. The topological polar surface area (TPSA) is 56.2 Å². The number of aromatic nitrogens is 2. The first kappa shape index (κ1) is 13.8. The summed E-state index contributed by atoms with van der Waals surface area (Å²) in [4.78, 5) is 12.0. The van der Waals surface area contributed by atoms with Crippen LogP contribution in [-0.4, -0.2) is 28.9 Å². The van der Waals surface area contributed by atoms with Crippen LogP contribution in [0.1, 0.15) is 18.4 Å². The van der Waals surface area contributed by atoms with Gasteiger partial charge in [-0.2, -0.15) is 5.10 Å². The minimum atomic E-state index is 0.0992. The van der Waals surface area contributed by atoms with E-state index >= 15 is 0 Å². The molecule has 0 radical (unpaired) electrons. The van der Waals surface area contributed by atoms with Gasteiger partial charge in [-0.05, 0) is 36.6 Å². The Balaban J connectivity index is 1.54. The highest BCUT2D eigenvalue weighted by molar-refractivity contribution is 5.78. The molecule has 0 atom stereocenters. The molecule has 2 heterocycles. The molecule has 1 aliphatic heterocycles. The molecule has 1 N–H and O–H groups in total. The molecule has 21 heavy (non-hydrogen) atoms. The Morgan fingerprint density at radius 1 is 1.29 bits per heavy atom. The van der Waals surface area contributed by atoms with Gasteiger partial charge in [0.25, 0.3) is 0 Å². The van der Waals surface area contributed by atoms with Gasteiger partial charge >= 0.3 is 0 Å². The van der Waals surface area contributed by atoms with Gasteiger partial charge in [0.05, 0.1) is 5.69 Å². The van der Waals surface area contributed by atoms with Crippen LogP contribution in [0.25, 0.3) is 5.69 Å². The van der Waals surface area contributed by atoms with E-state index < -0.39 is 0 Å². The van der Waals surface area contributed by atoms with E-state index in [0.717, 1.165) is 24.1 Å². The predicted octanol–water partition coefficient (Wildman–Crippen LogP) is 1.92. The highest BCUT2D eigenvalue weighted by atomic mass is 16.5. The molecule has 1 aromatic heterocycles. The number of nitrogens with zero attached hydrogens (tertiary/aromatic N) is 2. The van der Waals surface area contributed by atoms with Gasteiger partial charge in [-0.15, -0.1) is 0 Å². The van der Waals surface area contributed by atoms with Gasteiger partial charge in [-0.25, -0.2) is 4.68 Å². The van der Waals surface area contributed by atoms with Gasteiger partial charge in [0.1, 0.15) is 0 Å². The second-order valence-electron chi connectivity index (χ2n) is 5.22. The largest absolute Gasteiger partial charge is 0.381 e. The summed E-state index contributed by atoms with van der Waals surface area (Å²) in [6.45, 7) is 1.95. The zero-order valence-electron chi connectivity index (χ0n) is 11.9. The first-order valence-electron chi connectivity index (χ1n) is 7.27. The Bertz CT molecular complexity index is 572. The van der Waals surface area contributed by atoms with Crippen LogP contribution in [-0.2, 0) is 16.1 Å². The van der Waals surface area contributed by atoms with Gasteiger partial charge in [-0.1, -0.05) is 12.1 Å². The highest BCUT2D eigenvalue weighted by Gasteiger charge is 2.20. The summed E-state index contributed by atoms with van der Waals surface area (Å²) in [6, 6.07) is 9.93. The van der Waals surface area contributed by atoms with Crippen LogP contribution in [0.3, 0.4) is 0 Å². The van der Waals surface area contributed by atoms with Gasteiger partial charge in [-0.3, -0.25) is 4.79 Å². The van der Waals surface area contributed by atoms with Crippen molar-refractivity contribution >= 4 is 5.91 Å². The van der Waals surface area contributed by atoms with Crippen molar-refractivity contribution in [1.82, 2.24) is 15.1 Å². The molecule has 0 aliphatic carbocycles. The Morgan fingerprint density at radius 2 is 2.05 bits per heavy atom. The molecule has 1 fully saturated rings. The quantitative estimate of drug-likeness (QED) is 0.933. The molecule has 1 aliphatic rings. The van der Waals surface area contributed by atoms with Crippen molar-refractivity contribution in [1.29, 1.82) is 0 Å². The molecule has 5 heteroatoms. The molecule has 1 saturated heterocycles. The van der Waals surface area contributed by atoms with Crippen molar-refractivity contribution in [2.45, 2.75) is 19.4 Å². The minimum Gasteiger partial charge on any atom is -0.381 e. The third-order valence-electron chi connectivity index (χ3n) is 3.76. The van der Waals surface area contributed by atoms with Gasteiger partial charge < -0.3 is 10.1 Å². The van der Waals surface area contributed by atoms with Crippen LogP contribution < -0.4 is 5.32 Å². The molecular formula is C16H19N3O2. The molecule has 5 nitrogen and oxygen atoms in total. The molecule has 0 unspecified atom stereocenters. The normalized spacial score (nSPS) is 15.8. The molecule has 3 rings (SSSR count). The van der Waals surface area contributed by atoms with E-state index in [-0.39, 0.29) is 11.8 Å². The lowest BCUT2D eigenvalue weighted by Gasteiger charge is -2.21. The standard InChI is InChI=1S/C16H19N3O2/c20-16(14-6-10-21-11-7-14)17-12-13-2-4-15(5-3-13)19-9-1-8-18-19/h1-5,8-9,14H,6-7,10-12H2,(H,17,20). The summed E-state index contributed by atoms with van der Waals surface area (Å²) in [6.07, 6.45) is 5.30. The first-order valence-corrected chi connectivity index (χ1v) is 7.27. The number of benzene rings is 1. The molecular weight excluding hydrogens is 266 g/mol. The number of nitrogens with one attached hydrogen (secondary N) is 1. The SMILES string of the molecule is O=C(NCc1ccc(-n2cccn2)cc1)C1CCOCC1. The zero-order valence-corrected chi connectivity index (χ0v) is 11.9. The maximum absolute atomic E-state index is 12.0. The first-order chi connectivity index (χ1) is 10.3. The molecule has 1 amide bonds. The lowest BCUT2D eigenvalue weighted by molar-refractivity contribution is -0.128. The van der Waals surface area contributed by atoms with E-state index in [1.165, 1.54) is 0 Å². The van der Waals surface area contributed by atoms with E-state index in [9.17, 15) is 4.79 Å². The summed E-state index contributed by atoms with van der Waals surface area (Å²) >= 11 is 0. The van der Waals surface area contributed by atoms with Crippen molar-refractivity contribution in [3.05, 3.63) is 48.3 Å². The van der Waals surface area contributed by atoms with E-state index in [2.05, 4.69) is 10.4 Å². The third kappa shape index (κ3) is 3.49. The van der Waals surface area contributed by atoms with Crippen LogP contribution in [0, 0.1) is 5.92 Å². The maximum atomic E-state index is 12.0. The van der Waals surface area contributed by atoms with Crippen LogP contribution in [0.5, 0.6) is 0 Å². The van der Waals surface area contributed by atoms with Crippen LogP contribution >= 0.6 is 0 Å². The van der Waals surface area contributed by atoms with Crippen molar-refractivity contribution in [3.63, 3.8) is 0 Å². The smallest absolute Gasteiger partial charge is 0.223 e. The fourth-order valence-corrected chi connectivity index (χ4v) is 2.48. The monoisotopic (exact) mass is 285 g/mol. The summed E-state index contributed by atoms with van der Waals surface area (Å²) in [5.41, 5.74) is 2.10. The number of carbonyl (C=O) groups is 1. The second kappa shape index (κ2) is 6.54. The van der Waals surface area contributed by atoms with Crippen molar-refractivity contribution in [2.24, 2.45) is 5.92 Å². The fourth-order valence-electron chi connectivity index (χ4n) is 2.48. The number of hydrogen-bond acceptors (Lipinski definition) is 3. The zero-order chi connectivity index (χ0) is 14.5. The van der Waals surface area contributed by atoms with E-state index in [0.29, 0.717) is 19.8 Å². The van der Waals surface area contributed by atoms with Crippen molar-refractivity contribution in [2.75, 3.05) is 13.2 Å². The van der Waals surface area contributed by atoms with Gasteiger partial charge in [0, 0.05) is 38.1 Å². The number of hydrogen-bond donors (Lipinski definition) is 1. The van der Waals surface area contributed by atoms with E-state index in [1.807, 2.05) is 41.2 Å². The van der Waals surface area contributed by atoms with Crippen molar-refractivity contribution < 1.29 is 9.53 Å². The molecule has 2 aromatic rings. The molecule has 0 bridgehead atoms. The maximum Gasteiger partial charge on any atom is 0.223 e. The second-order valence-corrected chi connectivity index (χ2v) is 5.22. The molecule has 1 aromatic carbocycles. The lowest BCUT2D eigenvalue weighted by Crippen LogP contribution is -2.33. The summed E-state index contributed by atoms with van der Waals surface area (Å²) < 4.78 is 7.08. The number of rotatable bonds is 4. The Hall–Kier alpha value is -2.14. The average Bonchev–Trinajstić information content (AvgIpc) is 3.08. The Labute approximate surface area is 123 Å². The van der Waals surface area contributed by atoms with Crippen LogP contribution in [0.2, 0.25) is 0 Å². The summed E-state index contributed by atoms with van der Waals surface area (Å²) in [7, 11) is 0. The number of carbonyl (C=O) groups excluding carboxylic acids is 1. The average molecular weight is 285 g/mol. The van der Waals surface area contributed by atoms with Gasteiger partial charge in [0.15, 0.2) is 0 Å². The van der Waals surface area contributed by atoms with E-state index in [1.54, 1.807) is 6.20 Å². The summed E-state index contributed by atoms with van der Waals surface area (Å²) in [5.74, 6) is 0.233. The van der Waals surface area contributed by atoms with E-state index in [4.69, 9.17) is 4.74 Å².